The van der Waals surface area contributed by atoms with Gasteiger partial charge >= 0.3 is 0 Å². The van der Waals surface area contributed by atoms with Crippen LogP contribution in [0.3, 0.4) is 0 Å². The summed E-state index contributed by atoms with van der Waals surface area (Å²) >= 11 is 6.64. The first kappa shape index (κ1) is 16.9. The summed E-state index contributed by atoms with van der Waals surface area (Å²) in [5.41, 5.74) is 4.29. The number of hydrogen-bond donors (Lipinski definition) is 0. The van der Waals surface area contributed by atoms with E-state index in [1.807, 2.05) is 52.1 Å². The van der Waals surface area contributed by atoms with Crippen molar-refractivity contribution in [3.63, 3.8) is 0 Å². The molecule has 2 aromatic rings. The molecule has 0 spiro atoms. The number of pyridine rings is 1. The Morgan fingerprint density at radius 1 is 1.29 bits per heavy atom. The number of nitrogens with zero attached hydrogens (tertiary/aromatic N) is 3. The average molecular weight is 358 g/mol. The van der Waals surface area contributed by atoms with Gasteiger partial charge in [-0.2, -0.15) is 0 Å². The van der Waals surface area contributed by atoms with E-state index in [-0.39, 0.29) is 5.91 Å². The van der Waals surface area contributed by atoms with E-state index in [2.05, 4.69) is 15.6 Å². The standard InChI is InChI=1S/C18H19N3OS2/c1-5-20-17(22)15(24-18(20)23)9-14-8-12(3)21(13(14)4)16-7-6-11(2)10-19-16/h6-10H,5H2,1-4H3. The summed E-state index contributed by atoms with van der Waals surface area (Å²) < 4.78 is 2.73. The first-order valence-electron chi connectivity index (χ1n) is 7.79. The highest BCUT2D eigenvalue weighted by molar-refractivity contribution is 8.26. The summed E-state index contributed by atoms with van der Waals surface area (Å²) in [6, 6.07) is 6.14. The van der Waals surface area contributed by atoms with Crippen LogP contribution in [0.1, 0.15) is 29.4 Å². The Hall–Kier alpha value is -1.92. The highest BCUT2D eigenvalue weighted by atomic mass is 32.2. The Balaban J connectivity index is 2.01. The topological polar surface area (TPSA) is 38.1 Å². The zero-order chi connectivity index (χ0) is 17.4. The molecule has 1 fully saturated rings. The number of thiocarbonyl (C=S) groups is 1. The number of aryl methyl sites for hydroxylation is 2. The third-order valence-electron chi connectivity index (χ3n) is 4.07. The molecule has 0 aliphatic carbocycles. The van der Waals surface area contributed by atoms with Gasteiger partial charge in [0.1, 0.15) is 10.1 Å². The molecule has 4 nitrogen and oxygen atoms in total. The minimum Gasteiger partial charge on any atom is -0.303 e. The Morgan fingerprint density at radius 2 is 2.04 bits per heavy atom. The average Bonchev–Trinajstić information content (AvgIpc) is 2.97. The number of likely N-dealkylation sites (N-methyl/N-ethyl adjacent to an activating group) is 1. The predicted molar refractivity (Wildman–Crippen MR) is 103 cm³/mol. The lowest BCUT2D eigenvalue weighted by atomic mass is 10.2. The van der Waals surface area contributed by atoms with Gasteiger partial charge in [0.15, 0.2) is 0 Å². The zero-order valence-electron chi connectivity index (χ0n) is 14.2. The lowest BCUT2D eigenvalue weighted by molar-refractivity contribution is -0.121. The molecule has 0 unspecified atom stereocenters. The maximum atomic E-state index is 12.4. The molecule has 1 aliphatic heterocycles. The number of amides is 1. The van der Waals surface area contributed by atoms with Gasteiger partial charge < -0.3 is 4.57 Å². The van der Waals surface area contributed by atoms with Crippen molar-refractivity contribution in [2.45, 2.75) is 27.7 Å². The van der Waals surface area contributed by atoms with Gasteiger partial charge in [-0.15, -0.1) is 0 Å². The summed E-state index contributed by atoms with van der Waals surface area (Å²) in [4.78, 5) is 19.2. The Kier molecular flexibility index (Phi) is 4.60. The van der Waals surface area contributed by atoms with E-state index in [0.717, 1.165) is 28.3 Å². The summed E-state index contributed by atoms with van der Waals surface area (Å²) in [5, 5.41) is 0. The quantitative estimate of drug-likeness (QED) is 0.614. The first-order valence-corrected chi connectivity index (χ1v) is 9.02. The Bertz CT molecular complexity index is 850. The fraction of sp³-hybridized carbons (Fsp3) is 0.278. The van der Waals surface area contributed by atoms with Crippen molar-refractivity contribution in [3.8, 4) is 5.82 Å². The molecule has 124 valence electrons. The van der Waals surface area contributed by atoms with Crippen LogP contribution < -0.4 is 0 Å². The molecule has 0 N–H and O–H groups in total. The lowest BCUT2D eigenvalue weighted by Gasteiger charge is -2.09. The second-order valence-corrected chi connectivity index (χ2v) is 7.46. The van der Waals surface area contributed by atoms with Crippen LogP contribution in [0.4, 0.5) is 0 Å². The monoisotopic (exact) mass is 357 g/mol. The smallest absolute Gasteiger partial charge is 0.266 e. The first-order chi connectivity index (χ1) is 11.4. The van der Waals surface area contributed by atoms with Crippen LogP contribution in [0.5, 0.6) is 0 Å². The number of aromatic nitrogens is 2. The highest BCUT2D eigenvalue weighted by Crippen LogP contribution is 2.33. The van der Waals surface area contributed by atoms with E-state index in [0.29, 0.717) is 15.8 Å². The molecule has 0 bridgehead atoms. The third-order valence-corrected chi connectivity index (χ3v) is 5.45. The molecule has 1 aliphatic rings. The minimum atomic E-state index is -0.00855. The Morgan fingerprint density at radius 3 is 2.62 bits per heavy atom. The number of thioether (sulfide) groups is 1. The van der Waals surface area contributed by atoms with Crippen LogP contribution in [-0.4, -0.2) is 31.2 Å². The van der Waals surface area contributed by atoms with Crippen LogP contribution in [0.15, 0.2) is 29.3 Å². The van der Waals surface area contributed by atoms with E-state index in [1.165, 1.54) is 11.8 Å². The largest absolute Gasteiger partial charge is 0.303 e. The number of carbonyl (C=O) groups is 1. The van der Waals surface area contributed by atoms with Crippen molar-refractivity contribution >= 4 is 40.3 Å². The van der Waals surface area contributed by atoms with E-state index in [1.54, 1.807) is 4.90 Å². The molecule has 0 atom stereocenters. The second-order valence-electron chi connectivity index (χ2n) is 5.78. The molecule has 2 aromatic heterocycles. The van der Waals surface area contributed by atoms with Crippen molar-refractivity contribution in [2.75, 3.05) is 6.54 Å². The predicted octanol–water partition coefficient (Wildman–Crippen LogP) is 4.02. The van der Waals surface area contributed by atoms with Crippen molar-refractivity contribution in [3.05, 3.63) is 51.8 Å². The summed E-state index contributed by atoms with van der Waals surface area (Å²) in [7, 11) is 0. The Labute approximate surface area is 151 Å². The van der Waals surface area contributed by atoms with Gasteiger partial charge in [-0.05, 0) is 57.0 Å². The van der Waals surface area contributed by atoms with Crippen LogP contribution in [0, 0.1) is 20.8 Å². The SMILES string of the molecule is CCN1C(=O)C(=Cc2cc(C)n(-c3ccc(C)cn3)c2C)SC1=S. The van der Waals surface area contributed by atoms with Gasteiger partial charge in [-0.25, -0.2) is 4.98 Å². The number of hydrogen-bond acceptors (Lipinski definition) is 4. The molecule has 6 heteroatoms. The van der Waals surface area contributed by atoms with Crippen LogP contribution in [0.25, 0.3) is 11.9 Å². The number of rotatable bonds is 3. The molecule has 1 amide bonds. The van der Waals surface area contributed by atoms with E-state index in [9.17, 15) is 4.79 Å². The van der Waals surface area contributed by atoms with Crippen molar-refractivity contribution in [1.29, 1.82) is 0 Å². The summed E-state index contributed by atoms with van der Waals surface area (Å²) in [6.07, 6.45) is 3.79. The van der Waals surface area contributed by atoms with Crippen molar-refractivity contribution in [1.82, 2.24) is 14.5 Å². The fourth-order valence-corrected chi connectivity index (χ4v) is 4.17. The maximum Gasteiger partial charge on any atom is 0.266 e. The molecule has 3 heterocycles. The van der Waals surface area contributed by atoms with E-state index in [4.69, 9.17) is 12.2 Å². The fourth-order valence-electron chi connectivity index (χ4n) is 2.79. The van der Waals surface area contributed by atoms with E-state index < -0.39 is 0 Å². The molecular formula is C18H19N3OS2. The molecule has 1 saturated heterocycles. The van der Waals surface area contributed by atoms with Crippen LogP contribution in [-0.2, 0) is 4.79 Å². The molecule has 3 rings (SSSR count). The third kappa shape index (κ3) is 2.91. The van der Waals surface area contributed by atoms with Gasteiger partial charge in [0.2, 0.25) is 0 Å². The molecular weight excluding hydrogens is 338 g/mol. The lowest BCUT2D eigenvalue weighted by Crippen LogP contribution is -2.27. The van der Waals surface area contributed by atoms with Gasteiger partial charge in [0.25, 0.3) is 5.91 Å². The van der Waals surface area contributed by atoms with Crippen LogP contribution in [0.2, 0.25) is 0 Å². The molecule has 24 heavy (non-hydrogen) atoms. The maximum absolute atomic E-state index is 12.4. The molecule has 0 radical (unpaired) electrons. The van der Waals surface area contributed by atoms with Gasteiger partial charge in [-0.1, -0.05) is 30.0 Å². The van der Waals surface area contributed by atoms with Crippen LogP contribution >= 0.6 is 24.0 Å². The summed E-state index contributed by atoms with van der Waals surface area (Å²) in [6.45, 7) is 8.65. The van der Waals surface area contributed by atoms with Gasteiger partial charge in [-0.3, -0.25) is 9.69 Å². The van der Waals surface area contributed by atoms with Gasteiger partial charge in [0, 0.05) is 24.1 Å². The van der Waals surface area contributed by atoms with Crippen molar-refractivity contribution in [2.24, 2.45) is 0 Å². The van der Waals surface area contributed by atoms with E-state index >= 15 is 0 Å². The minimum absolute atomic E-state index is 0.00855. The highest BCUT2D eigenvalue weighted by Gasteiger charge is 2.30. The molecule has 0 aromatic carbocycles. The zero-order valence-corrected chi connectivity index (χ0v) is 15.8. The number of carbonyl (C=O) groups excluding carboxylic acids is 1. The normalized spacial score (nSPS) is 16.5. The van der Waals surface area contributed by atoms with Crippen molar-refractivity contribution < 1.29 is 4.79 Å². The second kappa shape index (κ2) is 6.53. The molecule has 0 saturated carbocycles. The summed E-state index contributed by atoms with van der Waals surface area (Å²) in [5.74, 6) is 0.877. The van der Waals surface area contributed by atoms with Gasteiger partial charge in [0.05, 0.1) is 4.91 Å².